The van der Waals surface area contributed by atoms with E-state index in [2.05, 4.69) is 11.9 Å². The van der Waals surface area contributed by atoms with Gasteiger partial charge in [0.1, 0.15) is 0 Å². The smallest absolute Gasteiger partial charge is 0.190 e. The number of aromatic nitrogens is 1. The molecule has 17 heavy (non-hydrogen) atoms. The Morgan fingerprint density at radius 1 is 1.35 bits per heavy atom. The van der Waals surface area contributed by atoms with E-state index in [1.165, 1.54) is 4.88 Å². The van der Waals surface area contributed by atoms with Gasteiger partial charge in [-0.25, -0.2) is 4.98 Å². The minimum Gasteiger partial charge on any atom is -0.399 e. The zero-order valence-corrected chi connectivity index (χ0v) is 11.6. The number of hydrogen-bond donors (Lipinski definition) is 1. The third-order valence-corrected chi connectivity index (χ3v) is 4.09. The van der Waals surface area contributed by atoms with Crippen molar-refractivity contribution in [3.8, 4) is 0 Å². The molecule has 90 valence electrons. The Morgan fingerprint density at radius 2 is 2.06 bits per heavy atom. The summed E-state index contributed by atoms with van der Waals surface area (Å²) in [5.41, 5.74) is 8.31. The number of nitrogens with two attached hydrogens (primary N) is 1. The van der Waals surface area contributed by atoms with E-state index in [1.807, 2.05) is 31.0 Å². The van der Waals surface area contributed by atoms with Crippen LogP contribution in [0.15, 0.2) is 18.2 Å². The molecule has 0 unspecified atom stereocenters. The second kappa shape index (κ2) is 4.55. The first-order chi connectivity index (χ1) is 7.99. The van der Waals surface area contributed by atoms with Crippen LogP contribution in [0.2, 0.25) is 5.02 Å². The summed E-state index contributed by atoms with van der Waals surface area (Å²) in [5.74, 6) is 0. The lowest BCUT2D eigenvalue weighted by atomic mass is 10.3. The lowest BCUT2D eigenvalue weighted by Crippen LogP contribution is -2.09. The Labute approximate surface area is 110 Å². The maximum Gasteiger partial charge on any atom is 0.190 e. The molecule has 2 N–H and O–H groups in total. The highest BCUT2D eigenvalue weighted by atomic mass is 35.5. The van der Waals surface area contributed by atoms with E-state index >= 15 is 0 Å². The molecule has 0 saturated carbocycles. The molecule has 0 radical (unpaired) electrons. The Kier molecular flexibility index (Phi) is 3.26. The SMILES string of the molecule is Cc1nc(N(C)c2ccc(N)cc2Cl)sc1C. The second-order valence-corrected chi connectivity index (χ2v) is 5.50. The molecule has 0 amide bonds. The molecule has 0 atom stereocenters. The van der Waals surface area contributed by atoms with Crippen molar-refractivity contribution in [1.29, 1.82) is 0 Å². The van der Waals surface area contributed by atoms with Gasteiger partial charge in [-0.05, 0) is 32.0 Å². The average molecular weight is 268 g/mol. The number of halogens is 1. The number of nitrogen functional groups attached to an aromatic ring is 1. The lowest BCUT2D eigenvalue weighted by Gasteiger charge is -2.17. The van der Waals surface area contributed by atoms with Gasteiger partial charge in [0.05, 0.1) is 16.4 Å². The monoisotopic (exact) mass is 267 g/mol. The number of hydrogen-bond acceptors (Lipinski definition) is 4. The number of anilines is 3. The van der Waals surface area contributed by atoms with E-state index in [-0.39, 0.29) is 0 Å². The maximum atomic E-state index is 6.18. The second-order valence-electron chi connectivity index (χ2n) is 3.91. The van der Waals surface area contributed by atoms with Gasteiger partial charge in [-0.1, -0.05) is 11.6 Å². The molecule has 5 heteroatoms. The highest BCUT2D eigenvalue weighted by Gasteiger charge is 2.13. The number of rotatable bonds is 2. The Balaban J connectivity index is 2.39. The zero-order valence-electron chi connectivity index (χ0n) is 9.99. The minimum atomic E-state index is 0.637. The molecule has 0 bridgehead atoms. The third-order valence-electron chi connectivity index (χ3n) is 2.64. The number of aryl methyl sites for hydroxylation is 2. The molecule has 0 spiro atoms. The molecular formula is C12H14ClN3S. The van der Waals surface area contributed by atoms with Crippen LogP contribution in [0.3, 0.4) is 0 Å². The van der Waals surface area contributed by atoms with Crippen molar-refractivity contribution in [3.63, 3.8) is 0 Å². The van der Waals surface area contributed by atoms with Gasteiger partial charge in [0, 0.05) is 17.6 Å². The maximum absolute atomic E-state index is 6.18. The Hall–Kier alpha value is -1.26. The number of benzene rings is 1. The van der Waals surface area contributed by atoms with E-state index in [0.717, 1.165) is 16.5 Å². The zero-order chi connectivity index (χ0) is 12.6. The first-order valence-electron chi connectivity index (χ1n) is 5.22. The van der Waals surface area contributed by atoms with Gasteiger partial charge in [-0.2, -0.15) is 0 Å². The van der Waals surface area contributed by atoms with Crippen LogP contribution in [0.1, 0.15) is 10.6 Å². The van der Waals surface area contributed by atoms with Gasteiger partial charge in [-0.3, -0.25) is 0 Å². The highest BCUT2D eigenvalue weighted by molar-refractivity contribution is 7.15. The molecule has 3 nitrogen and oxygen atoms in total. The Bertz CT molecular complexity index is 531. The van der Waals surface area contributed by atoms with Crippen LogP contribution in [0.5, 0.6) is 0 Å². The molecule has 0 saturated heterocycles. The van der Waals surface area contributed by atoms with E-state index in [9.17, 15) is 0 Å². The van der Waals surface area contributed by atoms with Crippen molar-refractivity contribution < 1.29 is 0 Å². The number of thiazole rings is 1. The van der Waals surface area contributed by atoms with Gasteiger partial charge >= 0.3 is 0 Å². The topological polar surface area (TPSA) is 42.2 Å². The summed E-state index contributed by atoms with van der Waals surface area (Å²) >= 11 is 7.83. The van der Waals surface area contributed by atoms with Crippen LogP contribution in [-0.2, 0) is 0 Å². The Morgan fingerprint density at radius 3 is 2.59 bits per heavy atom. The molecule has 1 aromatic carbocycles. The predicted octanol–water partition coefficient (Wildman–Crippen LogP) is 3.76. The van der Waals surface area contributed by atoms with Gasteiger partial charge < -0.3 is 10.6 Å². The quantitative estimate of drug-likeness (QED) is 0.843. The van der Waals surface area contributed by atoms with Crippen LogP contribution >= 0.6 is 22.9 Å². The summed E-state index contributed by atoms with van der Waals surface area (Å²) < 4.78 is 0. The van der Waals surface area contributed by atoms with Gasteiger partial charge in [0.2, 0.25) is 0 Å². The van der Waals surface area contributed by atoms with E-state index in [1.54, 1.807) is 17.4 Å². The minimum absolute atomic E-state index is 0.637. The van der Waals surface area contributed by atoms with E-state index in [4.69, 9.17) is 17.3 Å². The molecule has 0 aliphatic carbocycles. The molecule has 2 rings (SSSR count). The van der Waals surface area contributed by atoms with Crippen LogP contribution < -0.4 is 10.6 Å². The first kappa shape index (κ1) is 12.2. The van der Waals surface area contributed by atoms with Crippen LogP contribution in [0.25, 0.3) is 0 Å². The standard InChI is InChI=1S/C12H14ClN3S/c1-7-8(2)17-12(15-7)16(3)11-5-4-9(14)6-10(11)13/h4-6H,14H2,1-3H3. The van der Waals surface area contributed by atoms with E-state index < -0.39 is 0 Å². The summed E-state index contributed by atoms with van der Waals surface area (Å²) in [5, 5.41) is 1.57. The van der Waals surface area contributed by atoms with Crippen LogP contribution in [0, 0.1) is 13.8 Å². The van der Waals surface area contributed by atoms with Crippen LogP contribution in [0.4, 0.5) is 16.5 Å². The summed E-state index contributed by atoms with van der Waals surface area (Å²) in [6.45, 7) is 4.07. The molecule has 1 aromatic heterocycles. The van der Waals surface area contributed by atoms with Crippen LogP contribution in [-0.4, -0.2) is 12.0 Å². The molecule has 2 aromatic rings. The molecule has 1 heterocycles. The summed E-state index contributed by atoms with van der Waals surface area (Å²) in [7, 11) is 1.95. The predicted molar refractivity (Wildman–Crippen MR) is 75.5 cm³/mol. The first-order valence-corrected chi connectivity index (χ1v) is 6.41. The van der Waals surface area contributed by atoms with Crippen molar-refractivity contribution in [2.75, 3.05) is 17.7 Å². The largest absolute Gasteiger partial charge is 0.399 e. The fourth-order valence-corrected chi connectivity index (χ4v) is 2.70. The van der Waals surface area contributed by atoms with Crippen molar-refractivity contribution in [2.45, 2.75) is 13.8 Å². The normalized spacial score (nSPS) is 10.6. The van der Waals surface area contributed by atoms with Gasteiger partial charge in [0.15, 0.2) is 5.13 Å². The molecule has 0 fully saturated rings. The average Bonchev–Trinajstić information content (AvgIpc) is 2.58. The highest BCUT2D eigenvalue weighted by Crippen LogP contribution is 2.34. The summed E-state index contributed by atoms with van der Waals surface area (Å²) in [6, 6.07) is 5.50. The number of nitrogens with zero attached hydrogens (tertiary/aromatic N) is 2. The van der Waals surface area contributed by atoms with Crippen molar-refractivity contribution in [1.82, 2.24) is 4.98 Å². The van der Waals surface area contributed by atoms with Crippen molar-refractivity contribution in [3.05, 3.63) is 33.8 Å². The van der Waals surface area contributed by atoms with Gasteiger partial charge in [-0.15, -0.1) is 11.3 Å². The molecular weight excluding hydrogens is 254 g/mol. The van der Waals surface area contributed by atoms with Gasteiger partial charge in [0.25, 0.3) is 0 Å². The molecule has 0 aliphatic heterocycles. The fourth-order valence-electron chi connectivity index (χ4n) is 1.50. The fraction of sp³-hybridized carbons (Fsp3) is 0.250. The van der Waals surface area contributed by atoms with Crippen molar-refractivity contribution >= 4 is 39.4 Å². The lowest BCUT2D eigenvalue weighted by molar-refractivity contribution is 1.13. The van der Waals surface area contributed by atoms with Crippen molar-refractivity contribution in [2.24, 2.45) is 0 Å². The third kappa shape index (κ3) is 2.37. The summed E-state index contributed by atoms with van der Waals surface area (Å²) in [4.78, 5) is 7.70. The summed E-state index contributed by atoms with van der Waals surface area (Å²) in [6.07, 6.45) is 0. The molecule has 0 aliphatic rings. The van der Waals surface area contributed by atoms with E-state index in [0.29, 0.717) is 10.7 Å².